The Balaban J connectivity index is 1.70. The average Bonchev–Trinajstić information content (AvgIpc) is 2.75. The highest BCUT2D eigenvalue weighted by Crippen LogP contribution is 2.27. The zero-order valence-electron chi connectivity index (χ0n) is 15.8. The van der Waals surface area contributed by atoms with Gasteiger partial charge in [-0.05, 0) is 29.8 Å². The molecule has 4 nitrogen and oxygen atoms in total. The first kappa shape index (κ1) is 20.3. The first-order chi connectivity index (χ1) is 14.5. The van der Waals surface area contributed by atoms with E-state index in [9.17, 15) is 18.7 Å². The van der Waals surface area contributed by atoms with Gasteiger partial charge in [0.15, 0.2) is 5.16 Å². The zero-order chi connectivity index (χ0) is 21.1. The predicted molar refractivity (Wildman–Crippen MR) is 114 cm³/mol. The Morgan fingerprint density at radius 1 is 0.933 bits per heavy atom. The van der Waals surface area contributed by atoms with Crippen molar-refractivity contribution >= 4 is 22.7 Å². The second-order valence-electron chi connectivity index (χ2n) is 6.75. The molecule has 0 aliphatic rings. The Labute approximate surface area is 175 Å². The predicted octanol–water partition coefficient (Wildman–Crippen LogP) is 4.55. The third kappa shape index (κ3) is 4.13. The molecular weight excluding hydrogens is 406 g/mol. The van der Waals surface area contributed by atoms with Gasteiger partial charge in [0.1, 0.15) is 11.6 Å². The van der Waals surface area contributed by atoms with Gasteiger partial charge in [0.25, 0.3) is 5.56 Å². The van der Waals surface area contributed by atoms with Crippen LogP contribution < -0.4 is 5.56 Å². The minimum absolute atomic E-state index is 0.0581. The van der Waals surface area contributed by atoms with Crippen molar-refractivity contribution in [1.82, 2.24) is 9.55 Å². The van der Waals surface area contributed by atoms with Crippen molar-refractivity contribution in [3.63, 3.8) is 0 Å². The number of thioether (sulfide) groups is 1. The molecule has 0 saturated carbocycles. The first-order valence-corrected chi connectivity index (χ1v) is 10.3. The maximum Gasteiger partial charge on any atom is 0.262 e. The van der Waals surface area contributed by atoms with E-state index >= 15 is 0 Å². The summed E-state index contributed by atoms with van der Waals surface area (Å²) in [6.45, 7) is 0.296. The molecule has 152 valence electrons. The molecule has 7 heteroatoms. The number of nitrogens with zero attached hydrogens (tertiary/aromatic N) is 2. The topological polar surface area (TPSA) is 55.1 Å². The quantitative estimate of drug-likeness (QED) is 0.365. The summed E-state index contributed by atoms with van der Waals surface area (Å²) in [5.41, 5.74) is 0.848. The molecule has 0 bridgehead atoms. The van der Waals surface area contributed by atoms with E-state index in [4.69, 9.17) is 0 Å². The van der Waals surface area contributed by atoms with Crippen molar-refractivity contribution in [2.24, 2.45) is 0 Å². The molecule has 4 rings (SSSR count). The minimum atomic E-state index is -1.38. The molecule has 4 aromatic rings. The number of hydrogen-bond acceptors (Lipinski definition) is 4. The molecule has 1 atom stereocenters. The molecule has 0 amide bonds. The molecule has 1 heterocycles. The van der Waals surface area contributed by atoms with Crippen LogP contribution in [0.25, 0.3) is 10.9 Å². The number of fused-ring (bicyclic) bond motifs is 1. The largest absolute Gasteiger partial charge is 0.387 e. The first-order valence-electron chi connectivity index (χ1n) is 9.33. The van der Waals surface area contributed by atoms with Crippen LogP contribution >= 0.6 is 11.8 Å². The zero-order valence-corrected chi connectivity index (χ0v) is 16.7. The lowest BCUT2D eigenvalue weighted by atomic mass is 10.1. The van der Waals surface area contributed by atoms with Crippen LogP contribution in [0.3, 0.4) is 0 Å². The summed E-state index contributed by atoms with van der Waals surface area (Å²) in [5.74, 6) is -1.68. The fraction of sp³-hybridized carbons (Fsp3) is 0.130. The van der Waals surface area contributed by atoms with Crippen molar-refractivity contribution < 1.29 is 13.9 Å². The molecule has 30 heavy (non-hydrogen) atoms. The van der Waals surface area contributed by atoms with Crippen molar-refractivity contribution in [3.05, 3.63) is 106 Å². The number of rotatable bonds is 6. The molecule has 0 aliphatic carbocycles. The summed E-state index contributed by atoms with van der Waals surface area (Å²) in [5, 5.41) is 11.2. The van der Waals surface area contributed by atoms with Crippen LogP contribution in [0.5, 0.6) is 0 Å². The van der Waals surface area contributed by atoms with E-state index in [-0.39, 0.29) is 16.9 Å². The second-order valence-corrected chi connectivity index (χ2v) is 7.74. The van der Waals surface area contributed by atoms with Gasteiger partial charge in [-0.15, -0.1) is 0 Å². The number of para-hydroxylation sites is 1. The highest BCUT2D eigenvalue weighted by Gasteiger charge is 2.20. The molecule has 0 spiro atoms. The minimum Gasteiger partial charge on any atom is -0.387 e. The standard InChI is InChI=1S/C23H18F2N2O2S/c24-17-10-6-11-18(25)21(17)20(28)14-30-23-26-19-12-5-4-9-16(19)22(29)27(23)13-15-7-2-1-3-8-15/h1-12,20,28H,13-14H2. The third-order valence-corrected chi connectivity index (χ3v) is 5.77. The fourth-order valence-electron chi connectivity index (χ4n) is 3.23. The van der Waals surface area contributed by atoms with Gasteiger partial charge in [-0.3, -0.25) is 9.36 Å². The molecule has 1 aromatic heterocycles. The summed E-state index contributed by atoms with van der Waals surface area (Å²) >= 11 is 1.08. The van der Waals surface area contributed by atoms with Gasteiger partial charge in [0.2, 0.25) is 0 Å². The normalized spacial score (nSPS) is 12.2. The Morgan fingerprint density at radius 3 is 2.33 bits per heavy atom. The molecule has 0 fully saturated rings. The number of benzene rings is 3. The van der Waals surface area contributed by atoms with Crippen molar-refractivity contribution in [3.8, 4) is 0 Å². The summed E-state index contributed by atoms with van der Waals surface area (Å²) in [7, 11) is 0. The number of hydrogen-bond donors (Lipinski definition) is 1. The second kappa shape index (κ2) is 8.77. The molecular formula is C23H18F2N2O2S. The van der Waals surface area contributed by atoms with E-state index in [0.29, 0.717) is 22.6 Å². The van der Waals surface area contributed by atoms with Gasteiger partial charge in [0, 0.05) is 5.75 Å². The number of halogens is 2. The van der Waals surface area contributed by atoms with Crippen molar-refractivity contribution in [2.45, 2.75) is 17.8 Å². The van der Waals surface area contributed by atoms with E-state index in [1.165, 1.54) is 10.6 Å². The highest BCUT2D eigenvalue weighted by molar-refractivity contribution is 7.99. The maximum atomic E-state index is 14.0. The summed E-state index contributed by atoms with van der Waals surface area (Å²) in [6, 6.07) is 19.9. The molecule has 3 aromatic carbocycles. The highest BCUT2D eigenvalue weighted by atomic mass is 32.2. The van der Waals surface area contributed by atoms with Crippen LogP contribution in [0.1, 0.15) is 17.2 Å². The van der Waals surface area contributed by atoms with Crippen molar-refractivity contribution in [1.29, 1.82) is 0 Å². The van der Waals surface area contributed by atoms with Gasteiger partial charge in [-0.25, -0.2) is 13.8 Å². The Morgan fingerprint density at radius 2 is 1.60 bits per heavy atom. The van der Waals surface area contributed by atoms with E-state index in [1.807, 2.05) is 30.3 Å². The Hall–Kier alpha value is -3.03. The van der Waals surface area contributed by atoms with E-state index < -0.39 is 17.7 Å². The van der Waals surface area contributed by atoms with E-state index in [2.05, 4.69) is 4.98 Å². The number of aliphatic hydroxyl groups is 1. The summed E-state index contributed by atoms with van der Waals surface area (Å²) < 4.78 is 29.5. The van der Waals surface area contributed by atoms with Crippen LogP contribution in [0.4, 0.5) is 8.78 Å². The fourth-order valence-corrected chi connectivity index (χ4v) is 4.17. The van der Waals surface area contributed by atoms with Crippen LogP contribution in [-0.4, -0.2) is 20.4 Å². The summed E-state index contributed by atoms with van der Waals surface area (Å²) in [6.07, 6.45) is -1.38. The van der Waals surface area contributed by atoms with Gasteiger partial charge in [-0.2, -0.15) is 0 Å². The molecule has 1 unspecified atom stereocenters. The molecule has 0 saturated heterocycles. The van der Waals surface area contributed by atoms with Crippen LogP contribution in [0, 0.1) is 11.6 Å². The lowest BCUT2D eigenvalue weighted by Gasteiger charge is -2.16. The smallest absolute Gasteiger partial charge is 0.262 e. The van der Waals surface area contributed by atoms with Gasteiger partial charge < -0.3 is 5.11 Å². The van der Waals surface area contributed by atoms with Crippen LogP contribution in [0.15, 0.2) is 82.7 Å². The SMILES string of the molecule is O=c1c2ccccc2nc(SCC(O)c2c(F)cccc2F)n1Cc1ccccc1. The van der Waals surface area contributed by atoms with Crippen LogP contribution in [0.2, 0.25) is 0 Å². The summed E-state index contributed by atoms with van der Waals surface area (Å²) in [4.78, 5) is 17.7. The molecule has 1 N–H and O–H groups in total. The van der Waals surface area contributed by atoms with Gasteiger partial charge >= 0.3 is 0 Å². The monoisotopic (exact) mass is 424 g/mol. The van der Waals surface area contributed by atoms with Crippen molar-refractivity contribution in [2.75, 3.05) is 5.75 Å². The lowest BCUT2D eigenvalue weighted by molar-refractivity contribution is 0.193. The molecule has 0 aliphatic heterocycles. The number of aliphatic hydroxyl groups excluding tert-OH is 1. The lowest BCUT2D eigenvalue weighted by Crippen LogP contribution is -2.24. The van der Waals surface area contributed by atoms with Gasteiger partial charge in [0.05, 0.1) is 29.1 Å². The maximum absolute atomic E-state index is 14.0. The van der Waals surface area contributed by atoms with Crippen LogP contribution in [-0.2, 0) is 6.54 Å². The Bertz CT molecular complexity index is 1220. The van der Waals surface area contributed by atoms with Gasteiger partial charge in [-0.1, -0.05) is 60.3 Å². The van der Waals surface area contributed by atoms with E-state index in [1.54, 1.807) is 24.3 Å². The third-order valence-electron chi connectivity index (χ3n) is 4.71. The van der Waals surface area contributed by atoms with E-state index in [0.717, 1.165) is 29.5 Å². The average molecular weight is 424 g/mol. The Kier molecular flexibility index (Phi) is 5.92. The number of aromatic nitrogens is 2. The molecule has 0 radical (unpaired) electrons.